The number of carbonyl (C=O) groups excluding carboxylic acids is 1. The largest absolute Gasteiger partial charge is 0.481 e. The van der Waals surface area contributed by atoms with Crippen LogP contribution in [0.5, 0.6) is 5.75 Å². The van der Waals surface area contributed by atoms with Crippen molar-refractivity contribution in [1.82, 2.24) is 0 Å². The Morgan fingerprint density at radius 1 is 1.10 bits per heavy atom. The number of hydrogen-bond acceptors (Lipinski definition) is 3. The van der Waals surface area contributed by atoms with Crippen LogP contribution in [0, 0.1) is 6.92 Å². The molecular weight excluding hydrogens is 520 g/mol. The lowest BCUT2D eigenvalue weighted by atomic mass is 10.2. The third-order valence-electron chi connectivity index (χ3n) is 4.02. The van der Waals surface area contributed by atoms with Gasteiger partial charge in [0.2, 0.25) is 0 Å². The first-order valence-corrected chi connectivity index (χ1v) is 10.7. The van der Waals surface area contributed by atoms with Crippen LogP contribution >= 0.6 is 43.5 Å². The van der Waals surface area contributed by atoms with E-state index in [1.807, 2.05) is 67.6 Å². The summed E-state index contributed by atoms with van der Waals surface area (Å²) >= 11 is 13.1. The summed E-state index contributed by atoms with van der Waals surface area (Å²) in [5.41, 5.74) is 3.32. The van der Waals surface area contributed by atoms with Crippen molar-refractivity contribution >= 4 is 67.0 Å². The SMILES string of the molecule is Cc1c(Cl)cccc1N=Cc1cc(Br)c(OCC(=O)Nc2ccccc2)c(Br)c1. The first-order chi connectivity index (χ1) is 13.9. The maximum atomic E-state index is 12.1. The minimum Gasteiger partial charge on any atom is -0.481 e. The summed E-state index contributed by atoms with van der Waals surface area (Å²) in [7, 11) is 0. The van der Waals surface area contributed by atoms with Crippen LogP contribution in [0.15, 0.2) is 74.6 Å². The molecule has 0 spiro atoms. The highest BCUT2D eigenvalue weighted by Gasteiger charge is 2.11. The topological polar surface area (TPSA) is 50.7 Å². The van der Waals surface area contributed by atoms with Gasteiger partial charge in [-0.15, -0.1) is 0 Å². The highest BCUT2D eigenvalue weighted by molar-refractivity contribution is 9.11. The van der Waals surface area contributed by atoms with Crippen molar-refractivity contribution in [2.24, 2.45) is 4.99 Å². The molecule has 0 radical (unpaired) electrons. The summed E-state index contributed by atoms with van der Waals surface area (Å²) in [5, 5.41) is 3.46. The van der Waals surface area contributed by atoms with E-state index in [0.717, 1.165) is 22.5 Å². The number of aliphatic imine (C=N–C) groups is 1. The summed E-state index contributed by atoms with van der Waals surface area (Å²) in [6.07, 6.45) is 1.75. The Hall–Kier alpha value is -2.15. The second kappa shape index (κ2) is 10.1. The summed E-state index contributed by atoms with van der Waals surface area (Å²) in [4.78, 5) is 16.6. The summed E-state index contributed by atoms with van der Waals surface area (Å²) < 4.78 is 7.11. The molecular formula is C22H17Br2ClN2O2. The fraction of sp³-hybridized carbons (Fsp3) is 0.0909. The van der Waals surface area contributed by atoms with E-state index in [2.05, 4.69) is 42.2 Å². The fourth-order valence-electron chi connectivity index (χ4n) is 2.53. The van der Waals surface area contributed by atoms with Crippen molar-refractivity contribution in [1.29, 1.82) is 0 Å². The summed E-state index contributed by atoms with van der Waals surface area (Å²) in [6, 6.07) is 18.6. The Morgan fingerprint density at radius 2 is 1.79 bits per heavy atom. The molecule has 1 amide bonds. The zero-order valence-electron chi connectivity index (χ0n) is 15.5. The van der Waals surface area contributed by atoms with E-state index in [-0.39, 0.29) is 12.5 Å². The molecule has 0 aliphatic heterocycles. The third kappa shape index (κ3) is 5.92. The van der Waals surface area contributed by atoms with Gasteiger partial charge in [-0.1, -0.05) is 35.9 Å². The van der Waals surface area contributed by atoms with Gasteiger partial charge < -0.3 is 10.1 Å². The summed E-state index contributed by atoms with van der Waals surface area (Å²) in [5.74, 6) is 0.307. The maximum absolute atomic E-state index is 12.1. The van der Waals surface area contributed by atoms with Crippen LogP contribution in [0.3, 0.4) is 0 Å². The standard InChI is InChI=1S/C22H17Br2ClN2O2/c1-14-19(25)8-5-9-20(14)26-12-15-10-17(23)22(18(24)11-15)29-13-21(28)27-16-6-3-2-4-7-16/h2-12H,13H2,1H3,(H,27,28). The highest BCUT2D eigenvalue weighted by atomic mass is 79.9. The minimum absolute atomic E-state index is 0.110. The highest BCUT2D eigenvalue weighted by Crippen LogP contribution is 2.35. The number of para-hydroxylation sites is 1. The first kappa shape index (κ1) is 21.6. The molecule has 0 heterocycles. The van der Waals surface area contributed by atoms with E-state index < -0.39 is 0 Å². The molecule has 3 rings (SSSR count). The number of ether oxygens (including phenoxy) is 1. The van der Waals surface area contributed by atoms with Gasteiger partial charge in [0.25, 0.3) is 5.91 Å². The van der Waals surface area contributed by atoms with E-state index in [4.69, 9.17) is 16.3 Å². The van der Waals surface area contributed by atoms with Crippen LogP contribution < -0.4 is 10.1 Å². The molecule has 3 aromatic carbocycles. The quantitative estimate of drug-likeness (QED) is 0.347. The van der Waals surface area contributed by atoms with Gasteiger partial charge in [0.1, 0.15) is 5.75 Å². The lowest BCUT2D eigenvalue weighted by molar-refractivity contribution is -0.118. The van der Waals surface area contributed by atoms with Crippen molar-refractivity contribution in [3.8, 4) is 5.75 Å². The van der Waals surface area contributed by atoms with Gasteiger partial charge >= 0.3 is 0 Å². The molecule has 0 aliphatic carbocycles. The maximum Gasteiger partial charge on any atom is 0.262 e. The van der Waals surface area contributed by atoms with Crippen molar-refractivity contribution in [3.05, 3.63) is 85.8 Å². The second-order valence-electron chi connectivity index (χ2n) is 6.16. The molecule has 1 N–H and O–H groups in total. The van der Waals surface area contributed by atoms with Crippen LogP contribution in [-0.2, 0) is 4.79 Å². The smallest absolute Gasteiger partial charge is 0.262 e. The van der Waals surface area contributed by atoms with Crippen LogP contribution in [0.2, 0.25) is 5.02 Å². The van der Waals surface area contributed by atoms with Crippen molar-refractivity contribution in [3.63, 3.8) is 0 Å². The zero-order chi connectivity index (χ0) is 20.8. The van der Waals surface area contributed by atoms with Gasteiger partial charge in [-0.3, -0.25) is 9.79 Å². The molecule has 0 saturated heterocycles. The predicted molar refractivity (Wildman–Crippen MR) is 126 cm³/mol. The lowest BCUT2D eigenvalue weighted by Gasteiger charge is -2.11. The van der Waals surface area contributed by atoms with E-state index in [9.17, 15) is 4.79 Å². The molecule has 0 aliphatic rings. The number of amides is 1. The first-order valence-electron chi connectivity index (χ1n) is 8.70. The lowest BCUT2D eigenvalue weighted by Crippen LogP contribution is -2.20. The average molecular weight is 537 g/mol. The van der Waals surface area contributed by atoms with Gasteiger partial charge in [0, 0.05) is 16.9 Å². The van der Waals surface area contributed by atoms with E-state index >= 15 is 0 Å². The Morgan fingerprint density at radius 3 is 2.48 bits per heavy atom. The number of anilines is 1. The number of benzene rings is 3. The molecule has 29 heavy (non-hydrogen) atoms. The average Bonchev–Trinajstić information content (AvgIpc) is 2.69. The molecule has 0 unspecified atom stereocenters. The van der Waals surface area contributed by atoms with Crippen LogP contribution in [0.1, 0.15) is 11.1 Å². The van der Waals surface area contributed by atoms with Crippen LogP contribution in [0.25, 0.3) is 0 Å². The van der Waals surface area contributed by atoms with Crippen molar-refractivity contribution < 1.29 is 9.53 Å². The van der Waals surface area contributed by atoms with Gasteiger partial charge in [-0.25, -0.2) is 0 Å². The Balaban J connectivity index is 1.68. The predicted octanol–water partition coefficient (Wildman–Crippen LogP) is 6.94. The molecule has 0 bridgehead atoms. The van der Waals surface area contributed by atoms with Crippen LogP contribution in [0.4, 0.5) is 11.4 Å². The number of nitrogens with one attached hydrogen (secondary N) is 1. The molecule has 3 aromatic rings. The van der Waals surface area contributed by atoms with Crippen molar-refractivity contribution in [2.45, 2.75) is 6.92 Å². The number of hydrogen-bond donors (Lipinski definition) is 1. The molecule has 4 nitrogen and oxygen atoms in total. The second-order valence-corrected chi connectivity index (χ2v) is 8.27. The van der Waals surface area contributed by atoms with Crippen LogP contribution in [-0.4, -0.2) is 18.7 Å². The fourth-order valence-corrected chi connectivity index (χ4v) is 4.15. The molecule has 0 atom stereocenters. The Bertz CT molecular complexity index is 1030. The van der Waals surface area contributed by atoms with Gasteiger partial charge in [0.05, 0.1) is 14.6 Å². The number of halogens is 3. The van der Waals surface area contributed by atoms with Gasteiger partial charge in [-0.05, 0) is 86.3 Å². The normalized spacial score (nSPS) is 10.9. The zero-order valence-corrected chi connectivity index (χ0v) is 19.4. The molecule has 0 saturated carbocycles. The molecule has 0 aromatic heterocycles. The van der Waals surface area contributed by atoms with E-state index in [1.54, 1.807) is 6.21 Å². The van der Waals surface area contributed by atoms with Crippen molar-refractivity contribution in [2.75, 3.05) is 11.9 Å². The Kier molecular flexibility index (Phi) is 7.47. The molecule has 7 heteroatoms. The Labute approximate surface area is 191 Å². The summed E-state index contributed by atoms with van der Waals surface area (Å²) in [6.45, 7) is 1.82. The van der Waals surface area contributed by atoms with Gasteiger partial charge in [-0.2, -0.15) is 0 Å². The third-order valence-corrected chi connectivity index (χ3v) is 5.61. The number of carbonyl (C=O) groups is 1. The van der Waals surface area contributed by atoms with Gasteiger partial charge in [0.15, 0.2) is 6.61 Å². The number of rotatable bonds is 6. The monoisotopic (exact) mass is 534 g/mol. The van der Waals surface area contributed by atoms with E-state index in [0.29, 0.717) is 19.7 Å². The minimum atomic E-state index is -0.239. The molecule has 148 valence electrons. The molecule has 0 fully saturated rings. The number of nitrogens with zero attached hydrogens (tertiary/aromatic N) is 1. The van der Waals surface area contributed by atoms with E-state index in [1.165, 1.54) is 0 Å².